The molecule has 0 saturated carbocycles. The van der Waals surface area contributed by atoms with Crippen LogP contribution in [0.3, 0.4) is 0 Å². The van der Waals surface area contributed by atoms with Gasteiger partial charge in [0.05, 0.1) is 5.56 Å². The van der Waals surface area contributed by atoms with Crippen LogP contribution in [0.4, 0.5) is 0 Å². The SMILES string of the molecule is Cc1ccc(C(=O)O[Si](C)(C)C)cc1C. The number of carbonyl (C=O) groups is 1. The molecule has 2 nitrogen and oxygen atoms in total. The summed E-state index contributed by atoms with van der Waals surface area (Å²) in [5.74, 6) is -0.197. The molecule has 0 aromatic heterocycles. The summed E-state index contributed by atoms with van der Waals surface area (Å²) in [6, 6.07) is 5.67. The van der Waals surface area contributed by atoms with E-state index in [1.54, 1.807) is 0 Å². The van der Waals surface area contributed by atoms with E-state index in [-0.39, 0.29) is 5.97 Å². The molecule has 0 spiro atoms. The first kappa shape index (κ1) is 12.0. The molecule has 0 aliphatic rings. The average molecular weight is 222 g/mol. The van der Waals surface area contributed by atoms with E-state index in [0.717, 1.165) is 5.56 Å². The number of hydrogen-bond acceptors (Lipinski definition) is 2. The van der Waals surface area contributed by atoms with Crippen molar-refractivity contribution in [2.45, 2.75) is 33.5 Å². The van der Waals surface area contributed by atoms with Gasteiger partial charge in [-0.3, -0.25) is 0 Å². The normalized spacial score (nSPS) is 11.3. The molecule has 1 aromatic carbocycles. The molecule has 0 heterocycles. The van der Waals surface area contributed by atoms with Crippen LogP contribution in [-0.4, -0.2) is 14.3 Å². The standard InChI is InChI=1S/C12H18O2Si/c1-9-6-7-11(8-10(9)2)12(13)14-15(3,4)5/h6-8H,1-5H3. The van der Waals surface area contributed by atoms with E-state index < -0.39 is 8.32 Å². The van der Waals surface area contributed by atoms with Crippen LogP contribution >= 0.6 is 0 Å². The fourth-order valence-electron chi connectivity index (χ4n) is 1.21. The first-order valence-corrected chi connectivity index (χ1v) is 8.51. The Bertz CT molecular complexity index is 378. The van der Waals surface area contributed by atoms with E-state index in [9.17, 15) is 4.79 Å². The van der Waals surface area contributed by atoms with Crippen LogP contribution in [0.2, 0.25) is 19.6 Å². The fraction of sp³-hybridized carbons (Fsp3) is 0.417. The van der Waals surface area contributed by atoms with Crippen molar-refractivity contribution in [2.24, 2.45) is 0 Å². The van der Waals surface area contributed by atoms with E-state index in [1.165, 1.54) is 5.56 Å². The number of aryl methyl sites for hydroxylation is 2. The summed E-state index contributed by atoms with van der Waals surface area (Å²) < 4.78 is 5.42. The number of benzene rings is 1. The summed E-state index contributed by atoms with van der Waals surface area (Å²) in [4.78, 5) is 11.7. The second kappa shape index (κ2) is 4.19. The van der Waals surface area contributed by atoms with Crippen LogP contribution in [0.5, 0.6) is 0 Å². The van der Waals surface area contributed by atoms with Crippen molar-refractivity contribution < 1.29 is 9.22 Å². The summed E-state index contributed by atoms with van der Waals surface area (Å²) in [7, 11) is -1.78. The summed E-state index contributed by atoms with van der Waals surface area (Å²) in [5.41, 5.74) is 2.97. The molecule has 15 heavy (non-hydrogen) atoms. The molecule has 0 aliphatic carbocycles. The third-order valence-corrected chi connectivity index (χ3v) is 2.94. The predicted molar refractivity (Wildman–Crippen MR) is 64.7 cm³/mol. The van der Waals surface area contributed by atoms with Gasteiger partial charge in [-0.05, 0) is 56.7 Å². The second-order valence-electron chi connectivity index (χ2n) is 4.80. The highest BCUT2D eigenvalue weighted by molar-refractivity contribution is 6.71. The minimum Gasteiger partial charge on any atom is -0.516 e. The van der Waals surface area contributed by atoms with Crippen molar-refractivity contribution in [3.05, 3.63) is 34.9 Å². The van der Waals surface area contributed by atoms with Gasteiger partial charge in [0.25, 0.3) is 0 Å². The largest absolute Gasteiger partial charge is 0.516 e. The van der Waals surface area contributed by atoms with Gasteiger partial charge in [0.1, 0.15) is 0 Å². The van der Waals surface area contributed by atoms with Crippen molar-refractivity contribution in [2.75, 3.05) is 0 Å². The maximum absolute atomic E-state index is 11.7. The molecule has 0 atom stereocenters. The third kappa shape index (κ3) is 3.51. The minimum absolute atomic E-state index is 0.197. The molecule has 0 fully saturated rings. The van der Waals surface area contributed by atoms with E-state index >= 15 is 0 Å². The van der Waals surface area contributed by atoms with Gasteiger partial charge in [0, 0.05) is 0 Å². The van der Waals surface area contributed by atoms with Gasteiger partial charge < -0.3 is 4.43 Å². The van der Waals surface area contributed by atoms with E-state index in [2.05, 4.69) is 0 Å². The zero-order valence-corrected chi connectivity index (χ0v) is 11.0. The molecule has 82 valence electrons. The molecule has 0 radical (unpaired) electrons. The van der Waals surface area contributed by atoms with Crippen molar-refractivity contribution >= 4 is 14.3 Å². The lowest BCUT2D eigenvalue weighted by Gasteiger charge is -2.17. The Hall–Kier alpha value is -1.09. The lowest BCUT2D eigenvalue weighted by molar-refractivity contribution is 0.0724. The maximum atomic E-state index is 11.7. The third-order valence-electron chi connectivity index (χ3n) is 2.14. The van der Waals surface area contributed by atoms with Crippen molar-refractivity contribution in [1.29, 1.82) is 0 Å². The van der Waals surface area contributed by atoms with Gasteiger partial charge >= 0.3 is 5.97 Å². The maximum Gasteiger partial charge on any atom is 0.324 e. The number of rotatable bonds is 2. The zero-order valence-electron chi connectivity index (χ0n) is 10.0. The van der Waals surface area contributed by atoms with Crippen molar-refractivity contribution in [1.82, 2.24) is 0 Å². The van der Waals surface area contributed by atoms with Gasteiger partial charge in [-0.2, -0.15) is 0 Å². The summed E-state index contributed by atoms with van der Waals surface area (Å²) >= 11 is 0. The van der Waals surface area contributed by atoms with Crippen LogP contribution in [0.1, 0.15) is 21.5 Å². The highest BCUT2D eigenvalue weighted by Crippen LogP contribution is 2.13. The first-order chi connectivity index (χ1) is 6.79. The highest BCUT2D eigenvalue weighted by Gasteiger charge is 2.20. The van der Waals surface area contributed by atoms with Crippen molar-refractivity contribution in [3.8, 4) is 0 Å². The lowest BCUT2D eigenvalue weighted by Crippen LogP contribution is -2.29. The zero-order chi connectivity index (χ0) is 11.6. The predicted octanol–water partition coefficient (Wildman–Crippen LogP) is 3.30. The van der Waals surface area contributed by atoms with Crippen LogP contribution < -0.4 is 0 Å². The Morgan fingerprint density at radius 1 is 1.13 bits per heavy atom. The number of carbonyl (C=O) groups excluding carboxylic acids is 1. The lowest BCUT2D eigenvalue weighted by atomic mass is 10.1. The average Bonchev–Trinajstić information content (AvgIpc) is 2.06. The Kier molecular flexibility index (Phi) is 3.34. The molecule has 1 aromatic rings. The van der Waals surface area contributed by atoms with Gasteiger partial charge in [-0.1, -0.05) is 6.07 Å². The first-order valence-electron chi connectivity index (χ1n) is 5.10. The quantitative estimate of drug-likeness (QED) is 0.718. The van der Waals surface area contributed by atoms with E-state index in [4.69, 9.17) is 4.43 Å². The topological polar surface area (TPSA) is 26.3 Å². The smallest absolute Gasteiger partial charge is 0.324 e. The Morgan fingerprint density at radius 2 is 1.73 bits per heavy atom. The van der Waals surface area contributed by atoms with Gasteiger partial charge in [0.2, 0.25) is 8.32 Å². The van der Waals surface area contributed by atoms with Crippen LogP contribution in [0, 0.1) is 13.8 Å². The van der Waals surface area contributed by atoms with Gasteiger partial charge in [0.15, 0.2) is 0 Å². The van der Waals surface area contributed by atoms with E-state index in [1.807, 2.05) is 51.7 Å². The molecule has 1 rings (SSSR count). The second-order valence-corrected chi connectivity index (χ2v) is 9.23. The Morgan fingerprint density at radius 3 is 2.20 bits per heavy atom. The number of hydrogen-bond donors (Lipinski definition) is 0. The van der Waals surface area contributed by atoms with Gasteiger partial charge in [-0.25, -0.2) is 4.79 Å². The molecule has 0 N–H and O–H groups in total. The molecule has 0 aliphatic heterocycles. The van der Waals surface area contributed by atoms with Gasteiger partial charge in [-0.15, -0.1) is 0 Å². The summed E-state index contributed by atoms with van der Waals surface area (Å²) in [6.07, 6.45) is 0. The summed E-state index contributed by atoms with van der Waals surface area (Å²) in [5, 5.41) is 0. The molecule has 0 amide bonds. The monoisotopic (exact) mass is 222 g/mol. The Labute approximate surface area is 92.4 Å². The van der Waals surface area contributed by atoms with Crippen LogP contribution in [0.25, 0.3) is 0 Å². The van der Waals surface area contributed by atoms with Crippen LogP contribution in [0.15, 0.2) is 18.2 Å². The Balaban J connectivity index is 2.88. The molecular weight excluding hydrogens is 204 g/mol. The van der Waals surface area contributed by atoms with E-state index in [0.29, 0.717) is 5.56 Å². The van der Waals surface area contributed by atoms with Crippen LogP contribution in [-0.2, 0) is 4.43 Å². The molecule has 0 bridgehead atoms. The summed E-state index contributed by atoms with van der Waals surface area (Å²) in [6.45, 7) is 10.0. The minimum atomic E-state index is -1.78. The van der Waals surface area contributed by atoms with Crippen molar-refractivity contribution in [3.63, 3.8) is 0 Å². The highest BCUT2D eigenvalue weighted by atomic mass is 28.4. The molecule has 0 saturated heterocycles. The molecular formula is C12H18O2Si. The molecule has 0 unspecified atom stereocenters. The fourth-order valence-corrected chi connectivity index (χ4v) is 1.88. The molecule has 3 heteroatoms.